The van der Waals surface area contributed by atoms with Crippen molar-refractivity contribution in [3.8, 4) is 5.75 Å². The van der Waals surface area contributed by atoms with Crippen molar-refractivity contribution in [2.24, 2.45) is 0 Å². The van der Waals surface area contributed by atoms with E-state index in [1.165, 1.54) is 17.7 Å². The van der Waals surface area contributed by atoms with Gasteiger partial charge in [-0.2, -0.15) is 0 Å². The summed E-state index contributed by atoms with van der Waals surface area (Å²) < 4.78 is 8.13. The predicted molar refractivity (Wildman–Crippen MR) is 77.1 cm³/mol. The van der Waals surface area contributed by atoms with Gasteiger partial charge in [0.25, 0.3) is 0 Å². The lowest BCUT2D eigenvalue weighted by molar-refractivity contribution is 0.254. The van der Waals surface area contributed by atoms with Crippen LogP contribution in [-0.4, -0.2) is 29.2 Å². The number of benzene rings is 1. The van der Waals surface area contributed by atoms with E-state index < -0.39 is 0 Å². The summed E-state index contributed by atoms with van der Waals surface area (Å²) in [6, 6.07) is 8.73. The average molecular weight is 269 g/mol. The smallest absolute Gasteiger partial charge is 0.124 e. The maximum absolute atomic E-state index is 5.77. The van der Waals surface area contributed by atoms with Gasteiger partial charge < -0.3 is 14.6 Å². The number of hydrogen-bond acceptors (Lipinski definition) is 3. The minimum atomic E-state index is 0.359. The molecule has 1 N–H and O–H groups in total. The first-order valence-corrected chi connectivity index (χ1v) is 7.37. The quantitative estimate of drug-likeness (QED) is 0.909. The standard InChI is InChI=1S/C16H19N3O/c1-2-4-16-13(3-1)14(6-8-20-16)19-11-18-10-15(19)12-5-7-17-9-12/h1-4,10-12,14,17H,5-9H2. The number of hydrogen-bond donors (Lipinski definition) is 1. The lowest BCUT2D eigenvalue weighted by Gasteiger charge is -2.29. The Morgan fingerprint density at radius 1 is 1.25 bits per heavy atom. The molecule has 3 heterocycles. The normalized spacial score (nSPS) is 25.2. The first kappa shape index (κ1) is 12.0. The molecule has 0 spiro atoms. The van der Waals surface area contributed by atoms with E-state index in [9.17, 15) is 0 Å². The van der Waals surface area contributed by atoms with E-state index in [1.54, 1.807) is 0 Å². The molecule has 1 saturated heterocycles. The summed E-state index contributed by atoms with van der Waals surface area (Å²) in [5.74, 6) is 1.61. The molecular formula is C16H19N3O. The first-order valence-electron chi connectivity index (χ1n) is 7.37. The number of nitrogens with one attached hydrogen (secondary N) is 1. The van der Waals surface area contributed by atoms with Gasteiger partial charge in [-0.3, -0.25) is 0 Å². The molecule has 4 heteroatoms. The molecule has 0 radical (unpaired) electrons. The van der Waals surface area contributed by atoms with Crippen molar-refractivity contribution in [1.29, 1.82) is 0 Å². The maximum atomic E-state index is 5.77. The highest BCUT2D eigenvalue weighted by Crippen LogP contribution is 2.36. The molecule has 1 aromatic carbocycles. The van der Waals surface area contributed by atoms with Gasteiger partial charge in [0.05, 0.1) is 19.0 Å². The SMILES string of the molecule is c1ccc2c(c1)OCCC2n1cncc1C1CCNC1. The minimum absolute atomic E-state index is 0.359. The fourth-order valence-electron chi connectivity index (χ4n) is 3.41. The molecule has 0 saturated carbocycles. The van der Waals surface area contributed by atoms with Crippen LogP contribution in [0.15, 0.2) is 36.8 Å². The van der Waals surface area contributed by atoms with Gasteiger partial charge in [0.1, 0.15) is 5.75 Å². The van der Waals surface area contributed by atoms with Gasteiger partial charge >= 0.3 is 0 Å². The highest BCUT2D eigenvalue weighted by molar-refractivity contribution is 5.38. The molecule has 20 heavy (non-hydrogen) atoms. The van der Waals surface area contributed by atoms with Crippen LogP contribution in [0.25, 0.3) is 0 Å². The summed E-state index contributed by atoms with van der Waals surface area (Å²) in [7, 11) is 0. The lowest BCUT2D eigenvalue weighted by atomic mass is 9.98. The number of nitrogens with zero attached hydrogens (tertiary/aromatic N) is 2. The monoisotopic (exact) mass is 269 g/mol. The fraction of sp³-hybridized carbons (Fsp3) is 0.438. The molecule has 2 atom stereocenters. The van der Waals surface area contributed by atoms with E-state index in [4.69, 9.17) is 4.74 Å². The van der Waals surface area contributed by atoms with Crippen molar-refractivity contribution in [2.75, 3.05) is 19.7 Å². The Hall–Kier alpha value is -1.81. The van der Waals surface area contributed by atoms with Crippen LogP contribution in [0.3, 0.4) is 0 Å². The third kappa shape index (κ3) is 1.91. The summed E-state index contributed by atoms with van der Waals surface area (Å²) in [6.07, 6.45) is 6.24. The second-order valence-electron chi connectivity index (χ2n) is 5.61. The van der Waals surface area contributed by atoms with E-state index in [0.717, 1.165) is 31.9 Å². The summed E-state index contributed by atoms with van der Waals surface area (Å²) in [6.45, 7) is 2.96. The van der Waals surface area contributed by atoms with Gasteiger partial charge in [0.15, 0.2) is 0 Å². The third-order valence-corrected chi connectivity index (χ3v) is 4.44. The molecule has 2 unspecified atom stereocenters. The highest BCUT2D eigenvalue weighted by atomic mass is 16.5. The third-order valence-electron chi connectivity index (χ3n) is 4.44. The molecule has 1 aromatic heterocycles. The Kier molecular flexibility index (Phi) is 2.96. The average Bonchev–Trinajstić information content (AvgIpc) is 3.17. The Bertz CT molecular complexity index is 601. The molecule has 104 valence electrons. The molecule has 2 aliphatic rings. The second kappa shape index (κ2) is 4.94. The summed E-state index contributed by atoms with van der Waals surface area (Å²) in [5.41, 5.74) is 2.64. The molecule has 2 aromatic rings. The lowest BCUT2D eigenvalue weighted by Crippen LogP contribution is -2.22. The molecule has 0 amide bonds. The number of ether oxygens (including phenoxy) is 1. The summed E-state index contributed by atoms with van der Waals surface area (Å²) in [4.78, 5) is 4.41. The van der Waals surface area contributed by atoms with Crippen molar-refractivity contribution in [3.63, 3.8) is 0 Å². The second-order valence-corrected chi connectivity index (χ2v) is 5.61. The van der Waals surface area contributed by atoms with E-state index in [1.807, 2.05) is 18.6 Å². The number of rotatable bonds is 2. The van der Waals surface area contributed by atoms with Crippen LogP contribution < -0.4 is 10.1 Å². The largest absolute Gasteiger partial charge is 0.493 e. The van der Waals surface area contributed by atoms with Crippen LogP contribution in [0.1, 0.15) is 36.1 Å². The van der Waals surface area contributed by atoms with Crippen molar-refractivity contribution in [3.05, 3.63) is 48.0 Å². The van der Waals surface area contributed by atoms with Crippen LogP contribution in [0.2, 0.25) is 0 Å². The summed E-state index contributed by atoms with van der Waals surface area (Å²) in [5, 5.41) is 3.44. The zero-order valence-electron chi connectivity index (χ0n) is 11.5. The Morgan fingerprint density at radius 2 is 2.20 bits per heavy atom. The van der Waals surface area contributed by atoms with E-state index in [2.05, 4.69) is 33.1 Å². The van der Waals surface area contributed by atoms with Crippen molar-refractivity contribution in [1.82, 2.24) is 14.9 Å². The Balaban J connectivity index is 1.74. The zero-order chi connectivity index (χ0) is 13.4. The molecule has 1 fully saturated rings. The van der Waals surface area contributed by atoms with Gasteiger partial charge in [-0.1, -0.05) is 18.2 Å². The summed E-state index contributed by atoms with van der Waals surface area (Å²) >= 11 is 0. The molecule has 4 nitrogen and oxygen atoms in total. The molecule has 4 rings (SSSR count). The van der Waals surface area contributed by atoms with Gasteiger partial charge in [-0.15, -0.1) is 0 Å². The van der Waals surface area contributed by atoms with Crippen LogP contribution >= 0.6 is 0 Å². The minimum Gasteiger partial charge on any atom is -0.493 e. The Morgan fingerprint density at radius 3 is 3.10 bits per heavy atom. The van der Waals surface area contributed by atoms with Crippen LogP contribution in [0.4, 0.5) is 0 Å². The zero-order valence-corrected chi connectivity index (χ0v) is 11.5. The molecule has 0 bridgehead atoms. The van der Waals surface area contributed by atoms with E-state index >= 15 is 0 Å². The number of aromatic nitrogens is 2. The van der Waals surface area contributed by atoms with Gasteiger partial charge in [-0.25, -0.2) is 4.98 Å². The number of imidazole rings is 1. The molecule has 2 aliphatic heterocycles. The highest BCUT2D eigenvalue weighted by Gasteiger charge is 2.27. The van der Waals surface area contributed by atoms with Crippen molar-refractivity contribution in [2.45, 2.75) is 24.8 Å². The maximum Gasteiger partial charge on any atom is 0.124 e. The van der Waals surface area contributed by atoms with E-state index in [0.29, 0.717) is 12.0 Å². The van der Waals surface area contributed by atoms with Crippen molar-refractivity contribution >= 4 is 0 Å². The van der Waals surface area contributed by atoms with E-state index in [-0.39, 0.29) is 0 Å². The Labute approximate surface area is 118 Å². The fourth-order valence-corrected chi connectivity index (χ4v) is 3.41. The van der Waals surface area contributed by atoms with Crippen LogP contribution in [-0.2, 0) is 0 Å². The molecule has 0 aliphatic carbocycles. The van der Waals surface area contributed by atoms with Gasteiger partial charge in [0, 0.05) is 36.3 Å². The molecular weight excluding hydrogens is 250 g/mol. The van der Waals surface area contributed by atoms with Crippen molar-refractivity contribution < 1.29 is 4.74 Å². The number of fused-ring (bicyclic) bond motifs is 1. The van der Waals surface area contributed by atoms with Crippen LogP contribution in [0.5, 0.6) is 5.75 Å². The first-order chi connectivity index (χ1) is 9.93. The number of para-hydroxylation sites is 1. The van der Waals surface area contributed by atoms with Gasteiger partial charge in [0.2, 0.25) is 0 Å². The predicted octanol–water partition coefficient (Wildman–Crippen LogP) is 2.33. The van der Waals surface area contributed by atoms with Gasteiger partial charge in [-0.05, 0) is 19.0 Å². The van der Waals surface area contributed by atoms with Crippen LogP contribution in [0, 0.1) is 0 Å². The topological polar surface area (TPSA) is 39.1 Å².